The third kappa shape index (κ3) is 4.62. The summed E-state index contributed by atoms with van der Waals surface area (Å²) < 4.78 is 8.43. The van der Waals surface area contributed by atoms with E-state index in [1.807, 2.05) is 47.9 Å². The van der Waals surface area contributed by atoms with Gasteiger partial charge in [-0.15, -0.1) is 16.8 Å². The topological polar surface area (TPSA) is 81.9 Å². The quantitative estimate of drug-likeness (QED) is 0.306. The minimum Gasteiger partial charge on any atom is -0.496 e. The maximum atomic E-state index is 12.5. The minimum atomic E-state index is -0.146. The predicted molar refractivity (Wildman–Crippen MR) is 126 cm³/mol. The molecule has 2 aromatic heterocycles. The highest BCUT2D eigenvalue weighted by atomic mass is 32.2. The zero-order valence-corrected chi connectivity index (χ0v) is 18.8. The van der Waals surface area contributed by atoms with Gasteiger partial charge in [-0.2, -0.15) is 0 Å². The van der Waals surface area contributed by atoms with E-state index in [4.69, 9.17) is 4.74 Å². The normalized spacial score (nSPS) is 10.9. The van der Waals surface area contributed by atoms with E-state index in [0.29, 0.717) is 28.4 Å². The Hall–Kier alpha value is -3.17. The minimum absolute atomic E-state index is 0.146. The van der Waals surface area contributed by atoms with Crippen LogP contribution in [-0.2, 0) is 11.3 Å². The molecule has 0 fully saturated rings. The number of carbonyl (C=O) groups is 1. The average molecular weight is 452 g/mol. The Kier molecular flexibility index (Phi) is 6.34. The Balaban J connectivity index is 1.49. The van der Waals surface area contributed by atoms with Gasteiger partial charge < -0.3 is 10.1 Å². The van der Waals surface area contributed by atoms with Gasteiger partial charge in [-0.05, 0) is 36.8 Å². The van der Waals surface area contributed by atoms with Crippen LogP contribution in [0, 0.1) is 6.92 Å². The molecule has 7 nitrogen and oxygen atoms in total. The van der Waals surface area contributed by atoms with Crippen molar-refractivity contribution >= 4 is 44.4 Å². The lowest BCUT2D eigenvalue weighted by Crippen LogP contribution is -2.14. The van der Waals surface area contributed by atoms with Crippen molar-refractivity contribution in [3.8, 4) is 17.1 Å². The van der Waals surface area contributed by atoms with Crippen molar-refractivity contribution in [3.63, 3.8) is 0 Å². The number of hydrogen-bond donors (Lipinski definition) is 1. The Morgan fingerprint density at radius 1 is 1.29 bits per heavy atom. The van der Waals surface area contributed by atoms with Gasteiger partial charge in [0.1, 0.15) is 5.75 Å². The SMILES string of the molecule is C=CCn1c(SCC(=O)Nc2nc3ccc(C)cc3s2)nnc1-c1ccccc1OC. The Bertz CT molecular complexity index is 1250. The number of anilines is 1. The first-order valence-corrected chi connectivity index (χ1v) is 11.4. The Labute approximate surface area is 188 Å². The van der Waals surface area contributed by atoms with E-state index >= 15 is 0 Å². The summed E-state index contributed by atoms with van der Waals surface area (Å²) >= 11 is 2.78. The molecule has 31 heavy (non-hydrogen) atoms. The monoisotopic (exact) mass is 451 g/mol. The van der Waals surface area contributed by atoms with Gasteiger partial charge in [-0.25, -0.2) is 4.98 Å². The highest BCUT2D eigenvalue weighted by Crippen LogP contribution is 2.31. The first kappa shape index (κ1) is 21.1. The number of methoxy groups -OCH3 is 1. The van der Waals surface area contributed by atoms with Crippen LogP contribution in [0.5, 0.6) is 5.75 Å². The summed E-state index contributed by atoms with van der Waals surface area (Å²) in [5.41, 5.74) is 2.88. The predicted octanol–water partition coefficient (Wildman–Crippen LogP) is 4.79. The summed E-state index contributed by atoms with van der Waals surface area (Å²) in [6.07, 6.45) is 1.77. The number of aryl methyl sites for hydroxylation is 1. The molecule has 0 bridgehead atoms. The second-order valence-electron chi connectivity index (χ2n) is 6.73. The van der Waals surface area contributed by atoms with Crippen LogP contribution in [0.25, 0.3) is 21.6 Å². The summed E-state index contributed by atoms with van der Waals surface area (Å²) in [5.74, 6) is 1.42. The summed E-state index contributed by atoms with van der Waals surface area (Å²) in [6, 6.07) is 13.7. The number of nitrogens with zero attached hydrogens (tertiary/aromatic N) is 4. The van der Waals surface area contributed by atoms with Crippen molar-refractivity contribution < 1.29 is 9.53 Å². The van der Waals surface area contributed by atoms with E-state index in [0.717, 1.165) is 21.3 Å². The molecular formula is C22H21N5O2S2. The molecule has 1 amide bonds. The lowest BCUT2D eigenvalue weighted by Gasteiger charge is -2.10. The fourth-order valence-corrected chi connectivity index (χ4v) is 4.82. The number of hydrogen-bond acceptors (Lipinski definition) is 7. The van der Waals surface area contributed by atoms with Crippen LogP contribution >= 0.6 is 23.1 Å². The van der Waals surface area contributed by atoms with Crippen LogP contribution < -0.4 is 10.1 Å². The molecule has 0 saturated heterocycles. The van der Waals surface area contributed by atoms with Gasteiger partial charge in [-0.3, -0.25) is 9.36 Å². The third-order valence-electron chi connectivity index (χ3n) is 4.50. The molecule has 158 valence electrons. The van der Waals surface area contributed by atoms with Gasteiger partial charge in [0, 0.05) is 6.54 Å². The molecule has 0 aliphatic carbocycles. The van der Waals surface area contributed by atoms with Gasteiger partial charge in [-0.1, -0.05) is 47.4 Å². The van der Waals surface area contributed by atoms with Crippen molar-refractivity contribution in [1.82, 2.24) is 19.7 Å². The molecular weight excluding hydrogens is 430 g/mol. The number of rotatable bonds is 8. The maximum absolute atomic E-state index is 12.5. The maximum Gasteiger partial charge on any atom is 0.236 e. The van der Waals surface area contributed by atoms with Crippen LogP contribution in [0.1, 0.15) is 5.56 Å². The molecule has 4 aromatic rings. The number of nitrogens with one attached hydrogen (secondary N) is 1. The van der Waals surface area contributed by atoms with Crippen LogP contribution in [0.2, 0.25) is 0 Å². The molecule has 9 heteroatoms. The second-order valence-corrected chi connectivity index (χ2v) is 8.71. The van der Waals surface area contributed by atoms with E-state index in [9.17, 15) is 4.79 Å². The summed E-state index contributed by atoms with van der Waals surface area (Å²) in [6.45, 7) is 6.38. The fourth-order valence-electron chi connectivity index (χ4n) is 3.09. The van der Waals surface area contributed by atoms with Gasteiger partial charge >= 0.3 is 0 Å². The summed E-state index contributed by atoms with van der Waals surface area (Å²) in [5, 5.41) is 12.7. The zero-order chi connectivity index (χ0) is 21.8. The first-order valence-electron chi connectivity index (χ1n) is 9.56. The Morgan fingerprint density at radius 3 is 2.94 bits per heavy atom. The Morgan fingerprint density at radius 2 is 2.13 bits per heavy atom. The van der Waals surface area contributed by atoms with E-state index in [-0.39, 0.29) is 11.7 Å². The van der Waals surface area contributed by atoms with Crippen LogP contribution in [0.4, 0.5) is 5.13 Å². The molecule has 2 heterocycles. The molecule has 0 aliphatic rings. The number of amides is 1. The fraction of sp³-hybridized carbons (Fsp3) is 0.182. The molecule has 0 spiro atoms. The summed E-state index contributed by atoms with van der Waals surface area (Å²) in [4.78, 5) is 17.0. The van der Waals surface area contributed by atoms with Crippen molar-refractivity contribution in [3.05, 3.63) is 60.7 Å². The molecule has 0 saturated carbocycles. The number of fused-ring (bicyclic) bond motifs is 1. The number of benzene rings is 2. The highest BCUT2D eigenvalue weighted by molar-refractivity contribution is 7.99. The lowest BCUT2D eigenvalue weighted by molar-refractivity contribution is -0.113. The van der Waals surface area contributed by atoms with Crippen LogP contribution in [0.15, 0.2) is 60.3 Å². The van der Waals surface area contributed by atoms with Crippen molar-refractivity contribution in [1.29, 1.82) is 0 Å². The van der Waals surface area contributed by atoms with Crippen LogP contribution in [-0.4, -0.2) is 38.5 Å². The number of allylic oxidation sites excluding steroid dienone is 1. The first-order chi connectivity index (χ1) is 15.1. The van der Waals surface area contributed by atoms with Gasteiger partial charge in [0.25, 0.3) is 0 Å². The number of thioether (sulfide) groups is 1. The van der Waals surface area contributed by atoms with Gasteiger partial charge in [0.05, 0.1) is 28.6 Å². The number of para-hydroxylation sites is 1. The molecule has 0 unspecified atom stereocenters. The second kappa shape index (κ2) is 9.32. The number of thiazole rings is 1. The van der Waals surface area contributed by atoms with E-state index in [2.05, 4.69) is 33.1 Å². The molecule has 0 radical (unpaired) electrons. The number of carbonyl (C=O) groups excluding carboxylic acids is 1. The highest BCUT2D eigenvalue weighted by Gasteiger charge is 2.18. The molecule has 1 N–H and O–H groups in total. The molecule has 2 aromatic carbocycles. The van der Waals surface area contributed by atoms with E-state index in [1.165, 1.54) is 23.1 Å². The number of ether oxygens (including phenoxy) is 1. The average Bonchev–Trinajstić information content (AvgIpc) is 3.35. The van der Waals surface area contributed by atoms with Crippen LogP contribution in [0.3, 0.4) is 0 Å². The van der Waals surface area contributed by atoms with Gasteiger partial charge in [0.2, 0.25) is 5.91 Å². The zero-order valence-electron chi connectivity index (χ0n) is 17.2. The number of aromatic nitrogens is 4. The van der Waals surface area contributed by atoms with Crippen molar-refractivity contribution in [2.24, 2.45) is 0 Å². The molecule has 0 aliphatic heterocycles. The van der Waals surface area contributed by atoms with Crippen molar-refractivity contribution in [2.45, 2.75) is 18.6 Å². The molecule has 0 atom stereocenters. The van der Waals surface area contributed by atoms with Gasteiger partial charge in [0.15, 0.2) is 16.1 Å². The largest absolute Gasteiger partial charge is 0.496 e. The molecule has 4 rings (SSSR count). The van der Waals surface area contributed by atoms with E-state index in [1.54, 1.807) is 13.2 Å². The lowest BCUT2D eigenvalue weighted by atomic mass is 10.2. The smallest absolute Gasteiger partial charge is 0.236 e. The van der Waals surface area contributed by atoms with Crippen molar-refractivity contribution in [2.75, 3.05) is 18.2 Å². The summed E-state index contributed by atoms with van der Waals surface area (Å²) in [7, 11) is 1.62. The third-order valence-corrected chi connectivity index (χ3v) is 6.40. The van der Waals surface area contributed by atoms with E-state index < -0.39 is 0 Å². The standard InChI is InChI=1S/C22H21N5O2S2/c1-4-11-27-20(15-7-5-6-8-17(15)29-3)25-26-22(27)30-13-19(28)24-21-23-16-10-9-14(2)12-18(16)31-21/h4-10,12H,1,11,13H2,2-3H3,(H,23,24,28).